The number of nitrogens with zero attached hydrogens (tertiary/aromatic N) is 1. The maximum absolute atomic E-state index is 2.43. The molecule has 0 saturated carbocycles. The van der Waals surface area contributed by atoms with Gasteiger partial charge >= 0.3 is 0 Å². The van der Waals surface area contributed by atoms with Gasteiger partial charge in [0, 0.05) is 17.1 Å². The summed E-state index contributed by atoms with van der Waals surface area (Å²) >= 11 is 0. The summed E-state index contributed by atoms with van der Waals surface area (Å²) < 4.78 is 0. The van der Waals surface area contributed by atoms with Crippen LogP contribution in [0.15, 0.2) is 188 Å². The number of aryl methyl sites for hydroxylation is 2. The van der Waals surface area contributed by atoms with E-state index in [0.29, 0.717) is 0 Å². The quantitative estimate of drug-likeness (QED) is 0.164. The van der Waals surface area contributed by atoms with Crippen molar-refractivity contribution in [2.24, 2.45) is 0 Å². The summed E-state index contributed by atoms with van der Waals surface area (Å²) in [7, 11) is 0. The minimum Gasteiger partial charge on any atom is -0.310 e. The van der Waals surface area contributed by atoms with E-state index in [0.717, 1.165) is 17.1 Å². The smallest absolute Gasteiger partial charge is 0.0468 e. The van der Waals surface area contributed by atoms with E-state index in [1.165, 1.54) is 87.2 Å². The molecule has 0 aliphatic heterocycles. The molecule has 53 heavy (non-hydrogen) atoms. The molecule has 0 N–H and O–H groups in total. The Balaban J connectivity index is 1.13. The molecule has 0 atom stereocenters. The number of hydrogen-bond donors (Lipinski definition) is 0. The zero-order valence-electron chi connectivity index (χ0n) is 29.8. The normalized spacial score (nSPS) is 11.6. The lowest BCUT2D eigenvalue weighted by atomic mass is 9.87. The van der Waals surface area contributed by atoms with E-state index in [2.05, 4.69) is 207 Å². The van der Waals surface area contributed by atoms with E-state index in [4.69, 9.17) is 0 Å². The zero-order chi connectivity index (χ0) is 35.5. The molecule has 250 valence electrons. The molecule has 1 nitrogen and oxygen atoms in total. The van der Waals surface area contributed by atoms with Crippen molar-refractivity contribution in [2.45, 2.75) is 13.8 Å². The van der Waals surface area contributed by atoms with E-state index >= 15 is 0 Å². The highest BCUT2D eigenvalue weighted by molar-refractivity contribution is 6.24. The van der Waals surface area contributed by atoms with Gasteiger partial charge in [-0.25, -0.2) is 0 Å². The monoisotopic (exact) mass is 675 g/mol. The highest BCUT2D eigenvalue weighted by Crippen LogP contribution is 2.43. The molecule has 0 heterocycles. The van der Waals surface area contributed by atoms with E-state index in [1.54, 1.807) is 0 Å². The SMILES string of the molecule is Cc1cccc(N(c2cccc(C)c2)c2ccc3cc(-c4cc5c6ccccc6c(-c6ccc7ccccc7c6)cc5c5ccccc45)ccc3c2)c1. The van der Waals surface area contributed by atoms with Crippen LogP contribution in [0.25, 0.3) is 76.1 Å². The van der Waals surface area contributed by atoms with Crippen LogP contribution in [0, 0.1) is 13.8 Å². The molecule has 0 aromatic heterocycles. The first-order valence-electron chi connectivity index (χ1n) is 18.4. The number of hydrogen-bond acceptors (Lipinski definition) is 1. The highest BCUT2D eigenvalue weighted by atomic mass is 15.1. The Hall–Kier alpha value is -6.70. The zero-order valence-corrected chi connectivity index (χ0v) is 29.8. The summed E-state index contributed by atoms with van der Waals surface area (Å²) in [6.07, 6.45) is 0. The predicted molar refractivity (Wildman–Crippen MR) is 229 cm³/mol. The first-order valence-corrected chi connectivity index (χ1v) is 18.4. The fraction of sp³-hybridized carbons (Fsp3) is 0.0385. The topological polar surface area (TPSA) is 3.24 Å². The van der Waals surface area contributed by atoms with Gasteiger partial charge in [0.25, 0.3) is 0 Å². The molecule has 0 radical (unpaired) electrons. The molecular formula is C52H37N. The van der Waals surface area contributed by atoms with Crippen molar-refractivity contribution in [1.82, 2.24) is 0 Å². The van der Waals surface area contributed by atoms with E-state index < -0.39 is 0 Å². The Morgan fingerprint density at radius 1 is 0.283 bits per heavy atom. The molecular weight excluding hydrogens is 639 g/mol. The summed E-state index contributed by atoms with van der Waals surface area (Å²) in [6, 6.07) is 69.5. The molecule has 10 aromatic carbocycles. The van der Waals surface area contributed by atoms with Gasteiger partial charge in [0.2, 0.25) is 0 Å². The average Bonchev–Trinajstić information content (AvgIpc) is 3.20. The van der Waals surface area contributed by atoms with Crippen molar-refractivity contribution in [2.75, 3.05) is 4.90 Å². The van der Waals surface area contributed by atoms with Crippen molar-refractivity contribution in [3.05, 3.63) is 199 Å². The number of rotatable bonds is 5. The third-order valence-electron chi connectivity index (χ3n) is 10.9. The summed E-state index contributed by atoms with van der Waals surface area (Å²) in [6.45, 7) is 4.31. The second-order valence-corrected chi connectivity index (χ2v) is 14.4. The molecule has 0 fully saturated rings. The lowest BCUT2D eigenvalue weighted by molar-refractivity contribution is 1.26. The molecule has 0 bridgehead atoms. The molecule has 10 aromatic rings. The van der Waals surface area contributed by atoms with Gasteiger partial charge in [-0.3, -0.25) is 0 Å². The second kappa shape index (κ2) is 12.5. The van der Waals surface area contributed by atoms with Crippen LogP contribution < -0.4 is 4.90 Å². The molecule has 0 spiro atoms. The van der Waals surface area contributed by atoms with Gasteiger partial charge in [0.15, 0.2) is 0 Å². The van der Waals surface area contributed by atoms with Crippen LogP contribution in [0.4, 0.5) is 17.1 Å². The lowest BCUT2D eigenvalue weighted by Crippen LogP contribution is -2.10. The third kappa shape index (κ3) is 5.41. The van der Waals surface area contributed by atoms with Crippen molar-refractivity contribution in [1.29, 1.82) is 0 Å². The summed E-state index contributed by atoms with van der Waals surface area (Å²) in [4.78, 5) is 2.36. The van der Waals surface area contributed by atoms with Crippen LogP contribution in [-0.2, 0) is 0 Å². The Labute approximate surface area is 310 Å². The van der Waals surface area contributed by atoms with Crippen molar-refractivity contribution in [3.8, 4) is 22.3 Å². The van der Waals surface area contributed by atoms with E-state index in [9.17, 15) is 0 Å². The van der Waals surface area contributed by atoms with Crippen LogP contribution in [0.5, 0.6) is 0 Å². The van der Waals surface area contributed by atoms with Gasteiger partial charge in [-0.1, -0.05) is 127 Å². The molecule has 0 aliphatic rings. The van der Waals surface area contributed by atoms with Gasteiger partial charge in [-0.05, 0) is 162 Å². The minimum absolute atomic E-state index is 1.14. The average molecular weight is 676 g/mol. The van der Waals surface area contributed by atoms with Crippen LogP contribution in [0.1, 0.15) is 11.1 Å². The molecule has 0 saturated heterocycles. The van der Waals surface area contributed by atoms with Gasteiger partial charge in [0.05, 0.1) is 0 Å². The molecule has 1 heteroatoms. The largest absolute Gasteiger partial charge is 0.310 e. The first kappa shape index (κ1) is 31.1. The van der Waals surface area contributed by atoms with Crippen LogP contribution >= 0.6 is 0 Å². The second-order valence-electron chi connectivity index (χ2n) is 14.4. The fourth-order valence-electron chi connectivity index (χ4n) is 8.31. The lowest BCUT2D eigenvalue weighted by Gasteiger charge is -2.26. The first-order chi connectivity index (χ1) is 26.1. The van der Waals surface area contributed by atoms with Gasteiger partial charge in [0.1, 0.15) is 0 Å². The van der Waals surface area contributed by atoms with Crippen molar-refractivity contribution < 1.29 is 0 Å². The van der Waals surface area contributed by atoms with E-state index in [1.807, 2.05) is 0 Å². The Kier molecular flexibility index (Phi) is 7.33. The van der Waals surface area contributed by atoms with Gasteiger partial charge in [-0.15, -0.1) is 0 Å². The minimum atomic E-state index is 1.14. The maximum Gasteiger partial charge on any atom is 0.0468 e. The molecule has 10 rings (SSSR count). The number of benzene rings is 10. The number of fused-ring (bicyclic) bond motifs is 7. The van der Waals surface area contributed by atoms with Crippen LogP contribution in [0.3, 0.4) is 0 Å². The van der Waals surface area contributed by atoms with Crippen LogP contribution in [0.2, 0.25) is 0 Å². The van der Waals surface area contributed by atoms with Crippen molar-refractivity contribution >= 4 is 70.9 Å². The maximum atomic E-state index is 2.43. The number of anilines is 3. The summed E-state index contributed by atoms with van der Waals surface area (Å²) in [5.41, 5.74) is 10.9. The van der Waals surface area contributed by atoms with E-state index in [-0.39, 0.29) is 0 Å². The summed E-state index contributed by atoms with van der Waals surface area (Å²) in [5, 5.41) is 12.6. The van der Waals surface area contributed by atoms with Gasteiger partial charge in [-0.2, -0.15) is 0 Å². The van der Waals surface area contributed by atoms with Crippen LogP contribution in [-0.4, -0.2) is 0 Å². The predicted octanol–water partition coefficient (Wildman–Crippen LogP) is 14.9. The molecule has 0 aliphatic carbocycles. The summed E-state index contributed by atoms with van der Waals surface area (Å²) in [5.74, 6) is 0. The molecule has 0 amide bonds. The Morgan fingerprint density at radius 2 is 0.717 bits per heavy atom. The Bertz CT molecular complexity index is 3000. The fourth-order valence-corrected chi connectivity index (χ4v) is 8.31. The Morgan fingerprint density at radius 3 is 1.28 bits per heavy atom. The molecule has 0 unspecified atom stereocenters. The highest BCUT2D eigenvalue weighted by Gasteiger charge is 2.17. The standard InChI is InChI=1S/C52H37N/c1-34-11-9-15-42(27-34)53(43-16-10-12-35(2)28-43)44-26-25-38-30-41(24-22-39(38)31-44)50-33-52-47-19-7-5-17-45(47)49(32-51(52)48-20-8-6-18-46(48)50)40-23-21-36-13-3-4-14-37(36)29-40/h3-33H,1-2H3. The third-order valence-corrected chi connectivity index (χ3v) is 10.9. The van der Waals surface area contributed by atoms with Gasteiger partial charge < -0.3 is 4.90 Å². The van der Waals surface area contributed by atoms with Crippen molar-refractivity contribution in [3.63, 3.8) is 0 Å².